The van der Waals surface area contributed by atoms with Crippen molar-refractivity contribution in [3.05, 3.63) is 0 Å². The molecule has 0 aliphatic heterocycles. The number of hydrogen-bond donors (Lipinski definition) is 2. The molecule has 1 saturated carbocycles. The number of carboxylic acid groups (broad SMARTS) is 2. The summed E-state index contributed by atoms with van der Waals surface area (Å²) in [6, 6.07) is 0.620. The van der Waals surface area contributed by atoms with Gasteiger partial charge in [0.2, 0.25) is 0 Å². The van der Waals surface area contributed by atoms with E-state index in [9.17, 15) is 19.8 Å². The zero-order chi connectivity index (χ0) is 16.4. The summed E-state index contributed by atoms with van der Waals surface area (Å²) in [6.45, 7) is 6.44. The second-order valence-corrected chi connectivity index (χ2v) is 5.26. The number of carboxylic acids is 2. The first-order valence-electron chi connectivity index (χ1n) is 7.48. The van der Waals surface area contributed by atoms with Crippen LogP contribution in [0.3, 0.4) is 0 Å². The fourth-order valence-corrected chi connectivity index (χ4v) is 1.94. The minimum Gasteiger partial charge on any atom is -0.549 e. The number of nitrogens with zero attached hydrogens (tertiary/aromatic N) is 1. The van der Waals surface area contributed by atoms with Crippen LogP contribution in [0.5, 0.6) is 0 Å². The number of nitrogens with two attached hydrogens (primary N) is 2. The molecular weight excluding hydrogens is 469 g/mol. The van der Waals surface area contributed by atoms with Gasteiger partial charge >= 0.3 is 21.1 Å². The topological polar surface area (TPSA) is 136 Å². The van der Waals surface area contributed by atoms with Crippen LogP contribution in [0.15, 0.2) is 0 Å². The van der Waals surface area contributed by atoms with Crippen molar-refractivity contribution in [2.24, 2.45) is 17.4 Å². The van der Waals surface area contributed by atoms with Gasteiger partial charge in [0.05, 0.1) is 11.9 Å². The average Bonchev–Trinajstić information content (AvgIpc) is 2.45. The van der Waals surface area contributed by atoms with Crippen molar-refractivity contribution in [2.75, 3.05) is 19.6 Å². The molecule has 2 atom stereocenters. The van der Waals surface area contributed by atoms with Crippen LogP contribution in [-0.4, -0.2) is 48.6 Å². The zero-order valence-electron chi connectivity index (χ0n) is 13.2. The zero-order valence-corrected chi connectivity index (χ0v) is 15.5. The van der Waals surface area contributed by atoms with Crippen LogP contribution in [0.2, 0.25) is 0 Å². The third-order valence-corrected chi connectivity index (χ3v) is 3.81. The Morgan fingerprint density at radius 2 is 1.50 bits per heavy atom. The third kappa shape index (κ3) is 9.51. The van der Waals surface area contributed by atoms with Crippen LogP contribution < -0.4 is 21.7 Å². The van der Waals surface area contributed by atoms with Crippen LogP contribution in [-0.2, 0) is 30.7 Å². The molecule has 8 heteroatoms. The van der Waals surface area contributed by atoms with Gasteiger partial charge < -0.3 is 36.2 Å². The first-order chi connectivity index (χ1) is 9.83. The minimum absolute atomic E-state index is 0. The van der Waals surface area contributed by atoms with Crippen molar-refractivity contribution in [1.82, 2.24) is 4.90 Å². The standard InChI is InChI=1S/C10H19NO4.C4H10N2.Pt/c1-3-11(4-2)7-5-6-8(9(12)13)10(14)15;5-3-1-2-4(3)6;/h8H,3-7H2,1-2H3,(H,12,13)(H,14,15);3-4H,1-2,5-6H2;/q;;+2/p-2. The van der Waals surface area contributed by atoms with Gasteiger partial charge in [0.1, 0.15) is 0 Å². The Labute approximate surface area is 146 Å². The van der Waals surface area contributed by atoms with Crippen molar-refractivity contribution >= 4 is 11.9 Å². The molecule has 0 aromatic rings. The monoisotopic (exact) mass is 496 g/mol. The SMILES string of the molecule is CCN(CC)CCCC(C(=O)[O-])C(=O)[O-].NC1CCC1N.[Pt+2]. The number of hydrogen-bond acceptors (Lipinski definition) is 7. The summed E-state index contributed by atoms with van der Waals surface area (Å²) in [5, 5.41) is 20.8. The Hall–Kier alpha value is -0.492. The van der Waals surface area contributed by atoms with E-state index in [2.05, 4.69) is 4.90 Å². The Morgan fingerprint density at radius 1 is 1.09 bits per heavy atom. The molecule has 22 heavy (non-hydrogen) atoms. The van der Waals surface area contributed by atoms with E-state index < -0.39 is 17.9 Å². The van der Waals surface area contributed by atoms with Gasteiger partial charge in [0.25, 0.3) is 0 Å². The molecule has 0 radical (unpaired) electrons. The van der Waals surface area contributed by atoms with Crippen LogP contribution in [0.1, 0.15) is 39.5 Å². The molecule has 1 aliphatic rings. The first kappa shape index (κ1) is 23.8. The fraction of sp³-hybridized carbons (Fsp3) is 0.857. The summed E-state index contributed by atoms with van der Waals surface area (Å²) in [7, 11) is 0. The normalized spacial score (nSPS) is 19.7. The second-order valence-electron chi connectivity index (χ2n) is 5.26. The van der Waals surface area contributed by atoms with Gasteiger partial charge in [-0.05, 0) is 45.3 Å². The van der Waals surface area contributed by atoms with E-state index in [0.717, 1.165) is 25.9 Å². The second kappa shape index (κ2) is 13.0. The van der Waals surface area contributed by atoms with Crippen LogP contribution in [0.25, 0.3) is 0 Å². The Kier molecular flexibility index (Phi) is 14.0. The Balaban J connectivity index is 0. The first-order valence-corrected chi connectivity index (χ1v) is 7.48. The number of aliphatic carboxylic acids is 2. The maximum atomic E-state index is 10.4. The van der Waals surface area contributed by atoms with Gasteiger partial charge in [-0.25, -0.2) is 0 Å². The van der Waals surface area contributed by atoms with Crippen LogP contribution in [0, 0.1) is 5.92 Å². The predicted octanol–water partition coefficient (Wildman–Crippen LogP) is -2.34. The summed E-state index contributed by atoms with van der Waals surface area (Å²) in [5.74, 6) is -4.61. The minimum atomic E-state index is -1.56. The summed E-state index contributed by atoms with van der Waals surface area (Å²) in [6.07, 6.45) is 2.85. The molecule has 1 fully saturated rings. The summed E-state index contributed by atoms with van der Waals surface area (Å²) < 4.78 is 0. The van der Waals surface area contributed by atoms with Gasteiger partial charge in [-0.1, -0.05) is 13.8 Å². The van der Waals surface area contributed by atoms with Gasteiger partial charge in [0, 0.05) is 18.0 Å². The summed E-state index contributed by atoms with van der Waals surface area (Å²) in [4.78, 5) is 22.9. The molecule has 7 nitrogen and oxygen atoms in total. The largest absolute Gasteiger partial charge is 2.00 e. The maximum Gasteiger partial charge on any atom is 2.00 e. The molecule has 2 unspecified atom stereocenters. The molecule has 1 rings (SSSR count). The Morgan fingerprint density at radius 3 is 1.73 bits per heavy atom. The molecule has 132 valence electrons. The van der Waals surface area contributed by atoms with Crippen LogP contribution >= 0.6 is 0 Å². The van der Waals surface area contributed by atoms with Crippen LogP contribution in [0.4, 0.5) is 0 Å². The molecule has 0 aromatic heterocycles. The number of carbonyl (C=O) groups is 2. The quantitative estimate of drug-likeness (QED) is 0.360. The molecule has 0 heterocycles. The molecule has 0 bridgehead atoms. The molecular formula is C14H27N3O4Pt. The Bertz CT molecular complexity index is 305. The van der Waals surface area contributed by atoms with E-state index >= 15 is 0 Å². The van der Waals surface area contributed by atoms with Gasteiger partial charge in [-0.2, -0.15) is 0 Å². The van der Waals surface area contributed by atoms with Crippen molar-refractivity contribution in [3.8, 4) is 0 Å². The number of rotatable bonds is 8. The smallest absolute Gasteiger partial charge is 0.549 e. The molecule has 0 saturated heterocycles. The molecule has 4 N–H and O–H groups in total. The van der Waals surface area contributed by atoms with E-state index in [4.69, 9.17) is 11.5 Å². The molecule has 0 amide bonds. The van der Waals surface area contributed by atoms with Gasteiger partial charge in [0.15, 0.2) is 0 Å². The predicted molar refractivity (Wildman–Crippen MR) is 75.7 cm³/mol. The van der Waals surface area contributed by atoms with E-state index in [0.29, 0.717) is 25.0 Å². The van der Waals surface area contributed by atoms with E-state index in [1.165, 1.54) is 0 Å². The van der Waals surface area contributed by atoms with Gasteiger partial charge in [-0.15, -0.1) is 0 Å². The fourth-order valence-electron chi connectivity index (χ4n) is 1.94. The molecule has 0 spiro atoms. The van der Waals surface area contributed by atoms with Gasteiger partial charge in [-0.3, -0.25) is 0 Å². The van der Waals surface area contributed by atoms with Crippen molar-refractivity contribution in [1.29, 1.82) is 0 Å². The average molecular weight is 496 g/mol. The third-order valence-electron chi connectivity index (χ3n) is 3.81. The van der Waals surface area contributed by atoms with Crippen molar-refractivity contribution in [3.63, 3.8) is 0 Å². The number of carbonyl (C=O) groups excluding carboxylic acids is 2. The van der Waals surface area contributed by atoms with E-state index in [1.54, 1.807) is 0 Å². The van der Waals surface area contributed by atoms with Crippen molar-refractivity contribution in [2.45, 2.75) is 51.6 Å². The van der Waals surface area contributed by atoms with E-state index in [-0.39, 0.29) is 27.5 Å². The summed E-state index contributed by atoms with van der Waals surface area (Å²) in [5.41, 5.74) is 10.8. The van der Waals surface area contributed by atoms with E-state index in [1.807, 2.05) is 13.8 Å². The van der Waals surface area contributed by atoms with Crippen molar-refractivity contribution < 1.29 is 40.9 Å². The molecule has 1 aliphatic carbocycles. The molecule has 0 aromatic carbocycles. The summed E-state index contributed by atoms with van der Waals surface area (Å²) >= 11 is 0. The maximum absolute atomic E-state index is 10.4.